The third kappa shape index (κ3) is 4.25. The molecule has 0 radical (unpaired) electrons. The van der Waals surface area contributed by atoms with Gasteiger partial charge in [-0.05, 0) is 43.9 Å². The number of hydrogen-bond donors (Lipinski definition) is 1. The lowest BCUT2D eigenvalue weighted by Gasteiger charge is -2.29. The highest BCUT2D eigenvalue weighted by molar-refractivity contribution is 7.17. The second-order valence-corrected chi connectivity index (χ2v) is 7.38. The Labute approximate surface area is 149 Å². The number of aromatic nitrogens is 1. The maximum atomic E-state index is 12.1. The minimum absolute atomic E-state index is 0.0648. The molecule has 24 heavy (non-hydrogen) atoms. The van der Waals surface area contributed by atoms with Crippen LogP contribution in [0.3, 0.4) is 0 Å². The van der Waals surface area contributed by atoms with Gasteiger partial charge in [0.15, 0.2) is 0 Å². The molecule has 124 valence electrons. The molecule has 0 saturated heterocycles. The van der Waals surface area contributed by atoms with Crippen LogP contribution < -0.4 is 10.1 Å². The predicted octanol–water partition coefficient (Wildman–Crippen LogP) is 3.79. The summed E-state index contributed by atoms with van der Waals surface area (Å²) >= 11 is 7.15. The van der Waals surface area contributed by atoms with Crippen LogP contribution in [-0.4, -0.2) is 23.0 Å². The number of carbonyl (C=O) groups excluding carboxylic acids is 1. The molecule has 0 aromatic carbocycles. The molecule has 1 amide bonds. The molecule has 0 aliphatic heterocycles. The van der Waals surface area contributed by atoms with Gasteiger partial charge in [0.2, 0.25) is 5.88 Å². The largest absolute Gasteiger partial charge is 0.474 e. The maximum absolute atomic E-state index is 12.1. The van der Waals surface area contributed by atoms with Gasteiger partial charge in [-0.3, -0.25) is 4.79 Å². The van der Waals surface area contributed by atoms with Gasteiger partial charge in [-0.1, -0.05) is 11.6 Å². The van der Waals surface area contributed by atoms with Crippen molar-refractivity contribution < 1.29 is 9.53 Å². The standard InChI is InChI=1S/C17H16ClN3O2S/c18-15-7-6-14(24-15)17(22)21-12-2-4-13(5-3-12)23-16-8-1-11(9-19)10-20-16/h1,6-8,10,12-13H,2-5H2,(H,21,22). The first kappa shape index (κ1) is 16.7. The number of amides is 1. The Kier molecular flexibility index (Phi) is 5.34. The van der Waals surface area contributed by atoms with Crippen LogP contribution in [0.5, 0.6) is 5.88 Å². The summed E-state index contributed by atoms with van der Waals surface area (Å²) in [5, 5.41) is 11.8. The average Bonchev–Trinajstić information content (AvgIpc) is 3.04. The van der Waals surface area contributed by atoms with Crippen molar-refractivity contribution in [1.29, 1.82) is 5.26 Å². The van der Waals surface area contributed by atoms with E-state index in [9.17, 15) is 4.79 Å². The van der Waals surface area contributed by atoms with E-state index in [4.69, 9.17) is 21.6 Å². The van der Waals surface area contributed by atoms with E-state index in [1.54, 1.807) is 24.3 Å². The Morgan fingerprint density at radius 2 is 2.08 bits per heavy atom. The third-order valence-corrected chi connectivity index (χ3v) is 5.19. The Morgan fingerprint density at radius 3 is 2.67 bits per heavy atom. The number of nitriles is 1. The van der Waals surface area contributed by atoms with E-state index in [0.717, 1.165) is 25.7 Å². The van der Waals surface area contributed by atoms with Gasteiger partial charge in [0.25, 0.3) is 5.91 Å². The summed E-state index contributed by atoms with van der Waals surface area (Å²) in [5.41, 5.74) is 0.516. The lowest BCUT2D eigenvalue weighted by atomic mass is 9.93. The molecule has 0 atom stereocenters. The summed E-state index contributed by atoms with van der Waals surface area (Å²) in [6.45, 7) is 0. The van der Waals surface area contributed by atoms with Crippen LogP contribution in [0.1, 0.15) is 40.9 Å². The normalized spacial score (nSPS) is 20.2. The van der Waals surface area contributed by atoms with Crippen LogP contribution in [-0.2, 0) is 0 Å². The molecular formula is C17H16ClN3O2S. The van der Waals surface area contributed by atoms with Crippen molar-refractivity contribution in [3.8, 4) is 11.9 Å². The van der Waals surface area contributed by atoms with Crippen molar-refractivity contribution >= 4 is 28.8 Å². The zero-order chi connectivity index (χ0) is 16.9. The van der Waals surface area contributed by atoms with Crippen molar-refractivity contribution in [1.82, 2.24) is 10.3 Å². The summed E-state index contributed by atoms with van der Waals surface area (Å²) < 4.78 is 6.47. The quantitative estimate of drug-likeness (QED) is 0.898. The topological polar surface area (TPSA) is 75.0 Å². The summed E-state index contributed by atoms with van der Waals surface area (Å²) in [7, 11) is 0. The molecule has 1 N–H and O–H groups in total. The Hall–Kier alpha value is -2.10. The van der Waals surface area contributed by atoms with E-state index in [-0.39, 0.29) is 18.1 Å². The van der Waals surface area contributed by atoms with Crippen LogP contribution in [0.25, 0.3) is 0 Å². The number of halogens is 1. The molecule has 7 heteroatoms. The lowest BCUT2D eigenvalue weighted by Crippen LogP contribution is -2.39. The van der Waals surface area contributed by atoms with Crippen LogP contribution in [0.15, 0.2) is 30.5 Å². The van der Waals surface area contributed by atoms with Gasteiger partial charge in [-0.25, -0.2) is 4.98 Å². The van der Waals surface area contributed by atoms with E-state index in [1.807, 2.05) is 6.07 Å². The fraction of sp³-hybridized carbons (Fsp3) is 0.353. The molecule has 1 aliphatic rings. The summed E-state index contributed by atoms with van der Waals surface area (Å²) in [5.74, 6) is 0.472. The number of thiophene rings is 1. The smallest absolute Gasteiger partial charge is 0.261 e. The van der Waals surface area contributed by atoms with Crippen LogP contribution >= 0.6 is 22.9 Å². The predicted molar refractivity (Wildman–Crippen MR) is 92.4 cm³/mol. The Morgan fingerprint density at radius 1 is 1.29 bits per heavy atom. The van der Waals surface area contributed by atoms with Gasteiger partial charge in [-0.15, -0.1) is 11.3 Å². The van der Waals surface area contributed by atoms with Crippen LogP contribution in [0.4, 0.5) is 0 Å². The molecule has 1 aliphatic carbocycles. The van der Waals surface area contributed by atoms with Crippen molar-refractivity contribution in [3.05, 3.63) is 45.2 Å². The Balaban J connectivity index is 1.47. The molecule has 5 nitrogen and oxygen atoms in total. The SMILES string of the molecule is N#Cc1ccc(OC2CCC(NC(=O)c3ccc(Cl)s3)CC2)nc1. The fourth-order valence-electron chi connectivity index (χ4n) is 2.70. The van der Waals surface area contributed by atoms with Crippen molar-refractivity contribution in [2.45, 2.75) is 37.8 Å². The van der Waals surface area contributed by atoms with Gasteiger partial charge >= 0.3 is 0 Å². The lowest BCUT2D eigenvalue weighted by molar-refractivity contribution is 0.0894. The van der Waals surface area contributed by atoms with Gasteiger partial charge in [-0.2, -0.15) is 5.26 Å². The van der Waals surface area contributed by atoms with Gasteiger partial charge in [0.05, 0.1) is 14.8 Å². The second-order valence-electron chi connectivity index (χ2n) is 5.67. The zero-order valence-electron chi connectivity index (χ0n) is 12.9. The maximum Gasteiger partial charge on any atom is 0.261 e. The number of pyridine rings is 1. The molecule has 0 spiro atoms. The number of rotatable bonds is 4. The molecular weight excluding hydrogens is 346 g/mol. The van der Waals surface area contributed by atoms with E-state index in [2.05, 4.69) is 10.3 Å². The zero-order valence-corrected chi connectivity index (χ0v) is 14.4. The summed E-state index contributed by atoms with van der Waals surface area (Å²) in [4.78, 5) is 16.9. The monoisotopic (exact) mass is 361 g/mol. The van der Waals surface area contributed by atoms with Crippen molar-refractivity contribution in [2.24, 2.45) is 0 Å². The number of ether oxygens (including phenoxy) is 1. The van der Waals surface area contributed by atoms with E-state index in [1.165, 1.54) is 17.5 Å². The van der Waals surface area contributed by atoms with Crippen LogP contribution in [0, 0.1) is 11.3 Å². The first-order chi connectivity index (χ1) is 11.6. The van der Waals surface area contributed by atoms with E-state index >= 15 is 0 Å². The third-order valence-electron chi connectivity index (χ3n) is 3.96. The summed E-state index contributed by atoms with van der Waals surface area (Å²) in [6, 6.07) is 9.08. The molecule has 1 saturated carbocycles. The molecule has 2 aromatic rings. The number of hydrogen-bond acceptors (Lipinski definition) is 5. The minimum Gasteiger partial charge on any atom is -0.474 e. The van der Waals surface area contributed by atoms with E-state index < -0.39 is 0 Å². The molecule has 3 rings (SSSR count). The van der Waals surface area contributed by atoms with Crippen molar-refractivity contribution in [2.75, 3.05) is 0 Å². The first-order valence-corrected chi connectivity index (χ1v) is 8.92. The molecule has 0 unspecified atom stereocenters. The van der Waals surface area contributed by atoms with Gasteiger partial charge in [0, 0.05) is 18.3 Å². The minimum atomic E-state index is -0.0648. The van der Waals surface area contributed by atoms with Gasteiger partial charge in [0.1, 0.15) is 12.2 Å². The highest BCUT2D eigenvalue weighted by atomic mass is 35.5. The number of nitrogens with one attached hydrogen (secondary N) is 1. The van der Waals surface area contributed by atoms with Crippen LogP contribution in [0.2, 0.25) is 4.34 Å². The fourth-order valence-corrected chi connectivity index (χ4v) is 3.65. The number of carbonyl (C=O) groups is 1. The molecule has 2 aromatic heterocycles. The number of nitrogens with zero attached hydrogens (tertiary/aromatic N) is 2. The van der Waals surface area contributed by atoms with Crippen molar-refractivity contribution in [3.63, 3.8) is 0 Å². The highest BCUT2D eigenvalue weighted by Gasteiger charge is 2.24. The second kappa shape index (κ2) is 7.65. The highest BCUT2D eigenvalue weighted by Crippen LogP contribution is 2.25. The van der Waals surface area contributed by atoms with E-state index in [0.29, 0.717) is 20.7 Å². The van der Waals surface area contributed by atoms with Gasteiger partial charge < -0.3 is 10.1 Å². The summed E-state index contributed by atoms with van der Waals surface area (Å²) in [6.07, 6.45) is 5.05. The first-order valence-electron chi connectivity index (χ1n) is 7.73. The Bertz CT molecular complexity index is 746. The average molecular weight is 362 g/mol. The molecule has 1 fully saturated rings. The molecule has 0 bridgehead atoms. The molecule has 2 heterocycles.